The number of carbonyl (C=O) groups is 4. The number of nitrogens with zero attached hydrogens (tertiary/aromatic N) is 2. The van der Waals surface area contributed by atoms with E-state index in [9.17, 15) is 24.3 Å². The Kier molecular flexibility index (Phi) is 9.36. The molecule has 3 amide bonds. The quantitative estimate of drug-likeness (QED) is 0.317. The maximum Gasteiger partial charge on any atom is 0.312 e. The molecule has 3 fully saturated rings. The van der Waals surface area contributed by atoms with Gasteiger partial charge in [0.2, 0.25) is 17.7 Å². The van der Waals surface area contributed by atoms with Crippen molar-refractivity contribution in [3.05, 3.63) is 47.5 Å². The molecule has 45 heavy (non-hydrogen) atoms. The Labute approximate surface area is 270 Å². The third-order valence-electron chi connectivity index (χ3n) is 10.0. The molecule has 11 heteroatoms. The second-order valence-electron chi connectivity index (χ2n) is 14.5. The number of rotatable bonds is 10. The van der Waals surface area contributed by atoms with E-state index in [4.69, 9.17) is 16.4 Å². The van der Waals surface area contributed by atoms with E-state index in [1.54, 1.807) is 18.2 Å². The maximum absolute atomic E-state index is 14.4. The number of nitrogens with one attached hydrogen (secondary N) is 2. The molecule has 3 N–H and O–H groups in total. The predicted molar refractivity (Wildman–Crippen MR) is 171 cm³/mol. The molecule has 5 atom stereocenters. The van der Waals surface area contributed by atoms with Crippen LogP contribution in [0, 0.1) is 22.7 Å². The molecule has 0 radical (unpaired) electrons. The minimum atomic E-state index is -1.10. The summed E-state index contributed by atoms with van der Waals surface area (Å²) in [7, 11) is 0. The van der Waals surface area contributed by atoms with Crippen molar-refractivity contribution in [3.63, 3.8) is 0 Å². The lowest BCUT2D eigenvalue weighted by molar-refractivity contribution is -0.146. The molecular formula is C34H45ClN4O6. The average molecular weight is 641 g/mol. The zero-order chi connectivity index (χ0) is 32.6. The normalized spacial score (nSPS) is 28.6. The maximum atomic E-state index is 14.4. The largest absolute Gasteiger partial charge is 0.481 e. The molecule has 2 aliphatic heterocycles. The van der Waals surface area contributed by atoms with Gasteiger partial charge in [-0.25, -0.2) is 0 Å². The van der Waals surface area contributed by atoms with Crippen molar-refractivity contribution in [1.29, 1.82) is 0 Å². The van der Waals surface area contributed by atoms with Crippen molar-refractivity contribution in [1.82, 2.24) is 15.5 Å². The number of halogens is 1. The van der Waals surface area contributed by atoms with Crippen LogP contribution in [0.1, 0.15) is 84.1 Å². The molecule has 4 aliphatic rings. The number of hydrogen-bond acceptors (Lipinski definition) is 6. The molecule has 244 valence electrons. The van der Waals surface area contributed by atoms with Crippen molar-refractivity contribution in [2.75, 3.05) is 13.1 Å². The second kappa shape index (κ2) is 12.8. The van der Waals surface area contributed by atoms with Crippen LogP contribution < -0.4 is 10.6 Å². The summed E-state index contributed by atoms with van der Waals surface area (Å²) >= 11 is 6.22. The Morgan fingerprint density at radius 2 is 1.93 bits per heavy atom. The first-order chi connectivity index (χ1) is 21.3. The molecule has 1 saturated heterocycles. The minimum Gasteiger partial charge on any atom is -0.481 e. The summed E-state index contributed by atoms with van der Waals surface area (Å²) in [6.45, 7) is 9.41. The summed E-state index contributed by atoms with van der Waals surface area (Å²) < 4.78 is 0. The van der Waals surface area contributed by atoms with Gasteiger partial charge in [0.25, 0.3) is 0 Å². The Hall–Kier alpha value is -3.40. The van der Waals surface area contributed by atoms with Gasteiger partial charge in [-0.3, -0.25) is 19.2 Å². The standard InChI is InChI=1S/C34H45ClN4O6/c1-5-23-16-34(23,31(43)44)19-36-29(41)26-18-33(17-25(38-45-33)22-12-9-13-24(35)15-22)20-39(26)30(42)28(32(2,3)4)37-27(40)14-21-10-7-6-8-11-21/h5,9,12-13,15,21,23,26,28H,1,6-8,10-11,14,16-20H2,2-4H3,(H,36,41)(H,37,40)(H,43,44)/t23-,26+,28-,33-,34-/m1/s1. The summed E-state index contributed by atoms with van der Waals surface area (Å²) in [5, 5.41) is 20.6. The van der Waals surface area contributed by atoms with Crippen LogP contribution in [-0.2, 0) is 24.0 Å². The Morgan fingerprint density at radius 1 is 1.20 bits per heavy atom. The number of likely N-dealkylation sites (tertiary alicyclic amines) is 1. The van der Waals surface area contributed by atoms with Gasteiger partial charge in [0.15, 0.2) is 5.60 Å². The van der Waals surface area contributed by atoms with Crippen LogP contribution in [0.15, 0.2) is 42.1 Å². The molecule has 2 aliphatic carbocycles. The van der Waals surface area contributed by atoms with E-state index in [2.05, 4.69) is 22.4 Å². The highest BCUT2D eigenvalue weighted by atomic mass is 35.5. The fourth-order valence-corrected chi connectivity index (χ4v) is 7.36. The summed E-state index contributed by atoms with van der Waals surface area (Å²) in [6, 6.07) is 5.43. The molecule has 0 bridgehead atoms. The Morgan fingerprint density at radius 3 is 2.56 bits per heavy atom. The number of allylic oxidation sites excluding steroid dienone is 1. The first kappa shape index (κ1) is 33.0. The Bertz CT molecular complexity index is 1380. The second-order valence-corrected chi connectivity index (χ2v) is 14.9. The lowest BCUT2D eigenvalue weighted by Crippen LogP contribution is -2.58. The van der Waals surface area contributed by atoms with Gasteiger partial charge < -0.3 is 25.5 Å². The molecule has 2 heterocycles. The first-order valence-electron chi connectivity index (χ1n) is 16.0. The van der Waals surface area contributed by atoms with Crippen LogP contribution >= 0.6 is 11.6 Å². The highest BCUT2D eigenvalue weighted by molar-refractivity contribution is 6.31. The van der Waals surface area contributed by atoms with Crippen LogP contribution in [0.2, 0.25) is 5.02 Å². The van der Waals surface area contributed by atoms with Gasteiger partial charge in [0.05, 0.1) is 17.7 Å². The number of benzene rings is 1. The summed E-state index contributed by atoms with van der Waals surface area (Å²) in [6.07, 6.45) is 8.31. The minimum absolute atomic E-state index is 0.0741. The van der Waals surface area contributed by atoms with Crippen LogP contribution in [0.4, 0.5) is 0 Å². The fraction of sp³-hybridized carbons (Fsp3) is 0.618. The molecule has 1 aromatic rings. The van der Waals surface area contributed by atoms with Gasteiger partial charge in [-0.2, -0.15) is 0 Å². The zero-order valence-electron chi connectivity index (χ0n) is 26.4. The molecule has 5 rings (SSSR count). The van der Waals surface area contributed by atoms with E-state index in [0.29, 0.717) is 35.9 Å². The van der Waals surface area contributed by atoms with Crippen molar-refractivity contribution in [2.24, 2.45) is 27.8 Å². The van der Waals surface area contributed by atoms with Gasteiger partial charge in [0.1, 0.15) is 12.1 Å². The van der Waals surface area contributed by atoms with Gasteiger partial charge >= 0.3 is 5.97 Å². The SMILES string of the molecule is C=C[C@@H]1C[C@]1(CNC(=O)[C@@H]1C[C@]2(CC(c3cccc(Cl)c3)=NO2)CN1C(=O)[C@@H](NC(=O)CC1CCCCC1)C(C)(C)C)C(=O)O. The van der Waals surface area contributed by atoms with Crippen molar-refractivity contribution < 1.29 is 29.1 Å². The Balaban J connectivity index is 1.37. The first-order valence-corrected chi connectivity index (χ1v) is 16.4. The van der Waals surface area contributed by atoms with Crippen LogP contribution in [0.25, 0.3) is 0 Å². The number of oxime groups is 1. The van der Waals surface area contributed by atoms with Crippen molar-refractivity contribution in [2.45, 2.75) is 96.2 Å². The van der Waals surface area contributed by atoms with Gasteiger partial charge in [0, 0.05) is 36.4 Å². The molecule has 0 aromatic heterocycles. The molecule has 10 nitrogen and oxygen atoms in total. The van der Waals surface area contributed by atoms with Gasteiger partial charge in [-0.05, 0) is 48.6 Å². The van der Waals surface area contributed by atoms with E-state index >= 15 is 0 Å². The molecule has 2 saturated carbocycles. The van der Waals surface area contributed by atoms with Crippen LogP contribution in [0.3, 0.4) is 0 Å². The topological polar surface area (TPSA) is 137 Å². The van der Waals surface area contributed by atoms with Gasteiger partial charge in [-0.1, -0.05) is 75.0 Å². The summed E-state index contributed by atoms with van der Waals surface area (Å²) in [5.41, 5.74) is -1.25. The zero-order valence-corrected chi connectivity index (χ0v) is 27.2. The molecule has 0 unspecified atom stereocenters. The molecular weight excluding hydrogens is 596 g/mol. The number of carboxylic acid groups (broad SMARTS) is 1. The lowest BCUT2D eigenvalue weighted by atomic mass is 9.84. The third-order valence-corrected chi connectivity index (χ3v) is 10.3. The monoisotopic (exact) mass is 640 g/mol. The lowest BCUT2D eigenvalue weighted by Gasteiger charge is -2.36. The van der Waals surface area contributed by atoms with Crippen LogP contribution in [0.5, 0.6) is 0 Å². The van der Waals surface area contributed by atoms with Crippen molar-refractivity contribution >= 4 is 41.0 Å². The van der Waals surface area contributed by atoms with E-state index in [-0.39, 0.29) is 37.2 Å². The number of carbonyl (C=O) groups excluding carboxylic acids is 3. The summed E-state index contributed by atoms with van der Waals surface area (Å²) in [4.78, 5) is 61.0. The predicted octanol–water partition coefficient (Wildman–Crippen LogP) is 4.70. The molecule has 1 aromatic carbocycles. The average Bonchev–Trinajstić information content (AvgIpc) is 3.39. The number of aliphatic carboxylic acids is 1. The van der Waals surface area contributed by atoms with Crippen LogP contribution in [-0.4, -0.2) is 70.2 Å². The van der Waals surface area contributed by atoms with E-state index < -0.39 is 40.4 Å². The smallest absolute Gasteiger partial charge is 0.312 e. The number of amides is 3. The van der Waals surface area contributed by atoms with E-state index in [1.165, 1.54) is 11.3 Å². The summed E-state index contributed by atoms with van der Waals surface area (Å²) in [5.74, 6) is -1.92. The number of carboxylic acids is 1. The fourth-order valence-electron chi connectivity index (χ4n) is 7.17. The number of hydrogen-bond donors (Lipinski definition) is 3. The van der Waals surface area contributed by atoms with E-state index in [1.807, 2.05) is 32.9 Å². The van der Waals surface area contributed by atoms with Gasteiger partial charge in [-0.15, -0.1) is 6.58 Å². The third kappa shape index (κ3) is 7.05. The van der Waals surface area contributed by atoms with E-state index in [0.717, 1.165) is 31.2 Å². The van der Waals surface area contributed by atoms with Crippen molar-refractivity contribution in [3.8, 4) is 0 Å². The highest BCUT2D eigenvalue weighted by Crippen LogP contribution is 2.53. The highest BCUT2D eigenvalue weighted by Gasteiger charge is 2.60. The molecule has 1 spiro atoms.